The lowest BCUT2D eigenvalue weighted by Gasteiger charge is -2.52. The fourth-order valence-corrected chi connectivity index (χ4v) is 4.89. The van der Waals surface area contributed by atoms with E-state index in [1.807, 2.05) is 32.0 Å². The van der Waals surface area contributed by atoms with Crippen LogP contribution in [-0.4, -0.2) is 29.8 Å². The van der Waals surface area contributed by atoms with E-state index in [1.165, 1.54) is 6.42 Å². The summed E-state index contributed by atoms with van der Waals surface area (Å²) >= 11 is 0. The van der Waals surface area contributed by atoms with Gasteiger partial charge in [0, 0.05) is 29.4 Å². The molecule has 1 heterocycles. The third-order valence-corrected chi connectivity index (χ3v) is 6.60. The van der Waals surface area contributed by atoms with Gasteiger partial charge in [-0.05, 0) is 43.4 Å². The quantitative estimate of drug-likeness (QED) is 0.799. The van der Waals surface area contributed by atoms with Gasteiger partial charge in [0.25, 0.3) is 0 Å². The molecule has 1 aromatic rings. The van der Waals surface area contributed by atoms with Gasteiger partial charge in [-0.15, -0.1) is 0 Å². The second-order valence-corrected chi connectivity index (χ2v) is 9.18. The Morgan fingerprint density at radius 3 is 2.79 bits per heavy atom. The number of nitrogens with one attached hydrogen (secondary N) is 1. The van der Waals surface area contributed by atoms with E-state index in [1.54, 1.807) is 7.11 Å². The van der Waals surface area contributed by atoms with Crippen LogP contribution in [0.15, 0.2) is 18.2 Å². The molecular weight excluding hydrogens is 354 g/mol. The molecule has 0 spiro atoms. The van der Waals surface area contributed by atoms with Gasteiger partial charge in [-0.3, -0.25) is 4.79 Å². The van der Waals surface area contributed by atoms with Crippen molar-refractivity contribution in [2.45, 2.75) is 77.7 Å². The van der Waals surface area contributed by atoms with Crippen molar-refractivity contribution in [1.82, 2.24) is 5.32 Å². The van der Waals surface area contributed by atoms with Crippen molar-refractivity contribution in [3.63, 3.8) is 0 Å². The van der Waals surface area contributed by atoms with Crippen molar-refractivity contribution in [2.24, 2.45) is 17.8 Å². The van der Waals surface area contributed by atoms with Gasteiger partial charge in [-0.1, -0.05) is 33.3 Å². The minimum absolute atomic E-state index is 0.0407. The summed E-state index contributed by atoms with van der Waals surface area (Å²) < 4.78 is 11.9. The number of aliphatic hydroxyl groups is 1. The zero-order chi connectivity index (χ0) is 20.5. The van der Waals surface area contributed by atoms with Crippen molar-refractivity contribution in [2.75, 3.05) is 7.11 Å². The Morgan fingerprint density at radius 1 is 1.39 bits per heavy atom. The fourth-order valence-electron chi connectivity index (χ4n) is 4.89. The SMILES string of the molecule is COc1ccc([C@H]2C[C@](C)(NC(=O)C(C)C)[C@@H]3CC[C@@H](C)C[C@H]3O2)cc1CO. The standard InChI is InChI=1S/C23H35NO4/c1-14(2)22(26)24-23(4)12-21(28-20-10-15(3)6-8-18(20)23)16-7-9-19(27-5)17(11-16)13-25/h7,9,11,14-15,18,20-21,25H,6,8,10,12-13H2,1-5H3,(H,24,26)/t15-,18-,20-,21-,23+/m1/s1. The normalized spacial score (nSPS) is 32.7. The molecule has 1 saturated heterocycles. The number of hydrogen-bond donors (Lipinski definition) is 2. The van der Waals surface area contributed by atoms with E-state index in [4.69, 9.17) is 9.47 Å². The maximum atomic E-state index is 12.6. The number of benzene rings is 1. The molecule has 5 atom stereocenters. The van der Waals surface area contributed by atoms with E-state index in [2.05, 4.69) is 19.2 Å². The Morgan fingerprint density at radius 2 is 2.14 bits per heavy atom. The van der Waals surface area contributed by atoms with E-state index in [0.29, 0.717) is 17.6 Å². The van der Waals surface area contributed by atoms with Gasteiger partial charge in [0.05, 0.1) is 25.9 Å². The zero-order valence-electron chi connectivity index (χ0n) is 17.8. The highest BCUT2D eigenvalue weighted by molar-refractivity contribution is 5.78. The number of rotatable bonds is 5. The maximum Gasteiger partial charge on any atom is 0.222 e. The number of ether oxygens (including phenoxy) is 2. The average Bonchev–Trinajstić information content (AvgIpc) is 2.66. The van der Waals surface area contributed by atoms with Gasteiger partial charge in [-0.25, -0.2) is 0 Å². The lowest BCUT2D eigenvalue weighted by molar-refractivity contribution is -0.155. The topological polar surface area (TPSA) is 67.8 Å². The van der Waals surface area contributed by atoms with Crippen LogP contribution in [0.4, 0.5) is 0 Å². The Hall–Kier alpha value is -1.59. The molecule has 5 nitrogen and oxygen atoms in total. The van der Waals surface area contributed by atoms with Gasteiger partial charge < -0.3 is 19.9 Å². The maximum absolute atomic E-state index is 12.6. The number of aliphatic hydroxyl groups excluding tert-OH is 1. The van der Waals surface area contributed by atoms with Gasteiger partial charge >= 0.3 is 0 Å². The van der Waals surface area contributed by atoms with E-state index in [0.717, 1.165) is 30.4 Å². The highest BCUT2D eigenvalue weighted by Crippen LogP contribution is 2.48. The van der Waals surface area contributed by atoms with Gasteiger partial charge in [-0.2, -0.15) is 0 Å². The Kier molecular flexibility index (Phi) is 6.35. The first-order chi connectivity index (χ1) is 13.3. The molecule has 0 unspecified atom stereocenters. The number of methoxy groups -OCH3 is 1. The highest BCUT2D eigenvalue weighted by Gasteiger charge is 2.49. The van der Waals surface area contributed by atoms with Gasteiger partial charge in [0.2, 0.25) is 5.91 Å². The summed E-state index contributed by atoms with van der Waals surface area (Å²) in [6.45, 7) is 8.27. The molecule has 2 N–H and O–H groups in total. The van der Waals surface area contributed by atoms with Crippen LogP contribution in [0.25, 0.3) is 0 Å². The van der Waals surface area contributed by atoms with Crippen LogP contribution in [0.5, 0.6) is 5.75 Å². The fraction of sp³-hybridized carbons (Fsp3) is 0.696. The monoisotopic (exact) mass is 389 g/mol. The molecule has 1 aliphatic heterocycles. The third kappa shape index (κ3) is 4.20. The molecule has 0 aromatic heterocycles. The molecule has 1 aromatic carbocycles. The van der Waals surface area contributed by atoms with Crippen LogP contribution in [-0.2, 0) is 16.1 Å². The van der Waals surface area contributed by atoms with Crippen LogP contribution in [0, 0.1) is 17.8 Å². The van der Waals surface area contributed by atoms with Crippen LogP contribution < -0.4 is 10.1 Å². The first kappa shape index (κ1) is 21.1. The molecule has 2 fully saturated rings. The first-order valence-corrected chi connectivity index (χ1v) is 10.5. The van der Waals surface area contributed by atoms with Crippen LogP contribution in [0.2, 0.25) is 0 Å². The predicted octanol–water partition coefficient (Wildman–Crippen LogP) is 3.98. The predicted molar refractivity (Wildman–Crippen MR) is 109 cm³/mol. The van der Waals surface area contributed by atoms with Crippen molar-refractivity contribution in [3.05, 3.63) is 29.3 Å². The Labute approximate surface area is 168 Å². The molecule has 3 rings (SSSR count). The van der Waals surface area contributed by atoms with Gasteiger partial charge in [0.1, 0.15) is 5.75 Å². The smallest absolute Gasteiger partial charge is 0.222 e. The van der Waals surface area contributed by atoms with E-state index < -0.39 is 0 Å². The summed E-state index contributed by atoms with van der Waals surface area (Å²) in [5.74, 6) is 1.71. The summed E-state index contributed by atoms with van der Waals surface area (Å²) in [4.78, 5) is 12.6. The third-order valence-electron chi connectivity index (χ3n) is 6.60. The van der Waals surface area contributed by atoms with Crippen molar-refractivity contribution >= 4 is 5.91 Å². The Balaban J connectivity index is 1.92. The summed E-state index contributed by atoms with van der Waals surface area (Å²) in [5.41, 5.74) is 1.50. The van der Waals surface area contributed by atoms with Crippen LogP contribution >= 0.6 is 0 Å². The molecular formula is C23H35NO4. The number of hydrogen-bond acceptors (Lipinski definition) is 4. The van der Waals surface area contributed by atoms with Crippen molar-refractivity contribution in [1.29, 1.82) is 0 Å². The summed E-state index contributed by atoms with van der Waals surface area (Å²) in [5, 5.41) is 13.1. The molecule has 1 saturated carbocycles. The van der Waals surface area contributed by atoms with Gasteiger partial charge in [0.15, 0.2) is 0 Å². The van der Waals surface area contributed by atoms with Crippen molar-refractivity contribution in [3.8, 4) is 5.75 Å². The number of fused-ring (bicyclic) bond motifs is 1. The zero-order valence-corrected chi connectivity index (χ0v) is 17.8. The number of amides is 1. The molecule has 2 aliphatic rings. The highest BCUT2D eigenvalue weighted by atomic mass is 16.5. The molecule has 156 valence electrons. The molecule has 28 heavy (non-hydrogen) atoms. The summed E-state index contributed by atoms with van der Waals surface area (Å²) in [6.07, 6.45) is 4.05. The second-order valence-electron chi connectivity index (χ2n) is 9.18. The molecule has 1 amide bonds. The molecule has 5 heteroatoms. The molecule has 0 radical (unpaired) electrons. The van der Waals surface area contributed by atoms with E-state index in [-0.39, 0.29) is 36.2 Å². The largest absolute Gasteiger partial charge is 0.496 e. The Bertz CT molecular complexity index is 704. The van der Waals surface area contributed by atoms with E-state index >= 15 is 0 Å². The first-order valence-electron chi connectivity index (χ1n) is 10.5. The average molecular weight is 390 g/mol. The second kappa shape index (κ2) is 8.42. The van der Waals surface area contributed by atoms with E-state index in [9.17, 15) is 9.90 Å². The minimum Gasteiger partial charge on any atom is -0.496 e. The van der Waals surface area contributed by atoms with Crippen LogP contribution in [0.3, 0.4) is 0 Å². The summed E-state index contributed by atoms with van der Waals surface area (Å²) in [6, 6.07) is 5.88. The molecule has 0 bridgehead atoms. The number of carbonyl (C=O) groups is 1. The van der Waals surface area contributed by atoms with Crippen LogP contribution in [0.1, 0.15) is 70.6 Å². The summed E-state index contributed by atoms with van der Waals surface area (Å²) in [7, 11) is 1.61. The van der Waals surface area contributed by atoms with Crippen molar-refractivity contribution < 1.29 is 19.4 Å². The lowest BCUT2D eigenvalue weighted by atomic mass is 9.66. The lowest BCUT2D eigenvalue weighted by Crippen LogP contribution is -2.61. The number of carbonyl (C=O) groups excluding carboxylic acids is 1. The minimum atomic E-state index is -0.297. The molecule has 1 aliphatic carbocycles.